The van der Waals surface area contributed by atoms with Crippen molar-refractivity contribution in [2.24, 2.45) is 0 Å². The Morgan fingerprint density at radius 3 is 2.52 bits per heavy atom. The number of nitrogens with zero attached hydrogens (tertiary/aromatic N) is 2. The molecule has 0 spiro atoms. The van der Waals surface area contributed by atoms with E-state index in [4.69, 9.17) is 4.74 Å². The molecule has 0 fully saturated rings. The summed E-state index contributed by atoms with van der Waals surface area (Å²) in [6, 6.07) is 13.1. The zero-order valence-corrected chi connectivity index (χ0v) is 14.7. The summed E-state index contributed by atoms with van der Waals surface area (Å²) in [5.41, 5.74) is 2.74. The van der Waals surface area contributed by atoms with Crippen molar-refractivity contribution in [3.05, 3.63) is 69.8 Å². The highest BCUT2D eigenvalue weighted by Gasteiger charge is 2.13. The van der Waals surface area contributed by atoms with Gasteiger partial charge in [-0.1, -0.05) is 18.2 Å². The largest absolute Gasteiger partial charge is 0.491 e. The number of aliphatic hydroxyl groups is 1. The lowest BCUT2D eigenvalue weighted by Gasteiger charge is -2.16. The van der Waals surface area contributed by atoms with Crippen molar-refractivity contribution in [2.75, 3.05) is 6.61 Å². The molecule has 0 saturated carbocycles. The first kappa shape index (κ1) is 17.2. The van der Waals surface area contributed by atoms with Gasteiger partial charge in [-0.25, -0.2) is 4.98 Å². The number of hydrogen-bond acceptors (Lipinski definition) is 4. The Morgan fingerprint density at radius 2 is 1.80 bits per heavy atom. The topological polar surface area (TPSA) is 64.3 Å². The fourth-order valence-electron chi connectivity index (χ4n) is 2.97. The van der Waals surface area contributed by atoms with Crippen LogP contribution in [-0.2, 0) is 6.54 Å². The number of rotatable bonds is 5. The van der Waals surface area contributed by atoms with Crippen LogP contribution in [0.15, 0.2) is 47.3 Å². The first-order valence-corrected chi connectivity index (χ1v) is 8.29. The van der Waals surface area contributed by atoms with Crippen LogP contribution in [0.2, 0.25) is 0 Å². The molecule has 1 atom stereocenters. The minimum absolute atomic E-state index is 0.113. The fraction of sp³-hybridized carbons (Fsp3) is 0.300. The van der Waals surface area contributed by atoms with Crippen molar-refractivity contribution in [1.82, 2.24) is 9.55 Å². The Balaban J connectivity index is 1.75. The third-order valence-electron chi connectivity index (χ3n) is 4.08. The minimum Gasteiger partial charge on any atom is -0.491 e. The van der Waals surface area contributed by atoms with Gasteiger partial charge in [0, 0.05) is 0 Å². The average molecular weight is 338 g/mol. The molecular weight excluding hydrogens is 316 g/mol. The van der Waals surface area contributed by atoms with Crippen molar-refractivity contribution >= 4 is 10.9 Å². The molecule has 3 rings (SSSR count). The van der Waals surface area contributed by atoms with E-state index in [-0.39, 0.29) is 18.7 Å². The quantitative estimate of drug-likeness (QED) is 0.777. The molecule has 5 heteroatoms. The molecule has 25 heavy (non-hydrogen) atoms. The van der Waals surface area contributed by atoms with Crippen molar-refractivity contribution < 1.29 is 9.84 Å². The lowest BCUT2D eigenvalue weighted by atomic mass is 10.1. The number of fused-ring (bicyclic) bond motifs is 1. The fourth-order valence-corrected chi connectivity index (χ4v) is 2.97. The summed E-state index contributed by atoms with van der Waals surface area (Å²) in [7, 11) is 0. The van der Waals surface area contributed by atoms with Crippen LogP contribution < -0.4 is 10.3 Å². The number of hydrogen-bond donors (Lipinski definition) is 1. The minimum atomic E-state index is -0.805. The number of benzene rings is 2. The first-order valence-electron chi connectivity index (χ1n) is 8.29. The number of ether oxygens (including phenoxy) is 1. The summed E-state index contributed by atoms with van der Waals surface area (Å²) >= 11 is 0. The monoisotopic (exact) mass is 338 g/mol. The number of aliphatic hydroxyl groups excluding tert-OH is 1. The van der Waals surface area contributed by atoms with Gasteiger partial charge in [0.05, 0.1) is 17.4 Å². The van der Waals surface area contributed by atoms with E-state index in [0.717, 1.165) is 16.9 Å². The maximum Gasteiger partial charge on any atom is 0.261 e. The molecule has 0 saturated heterocycles. The highest BCUT2D eigenvalue weighted by molar-refractivity contribution is 5.77. The Morgan fingerprint density at radius 1 is 1.12 bits per heavy atom. The van der Waals surface area contributed by atoms with E-state index in [0.29, 0.717) is 16.7 Å². The summed E-state index contributed by atoms with van der Waals surface area (Å²) in [5, 5.41) is 10.9. The van der Waals surface area contributed by atoms with Gasteiger partial charge in [-0.2, -0.15) is 0 Å². The first-order chi connectivity index (χ1) is 11.9. The molecule has 130 valence electrons. The van der Waals surface area contributed by atoms with Crippen LogP contribution in [0.1, 0.15) is 17.0 Å². The molecule has 0 radical (unpaired) electrons. The maximum absolute atomic E-state index is 12.6. The average Bonchev–Trinajstić information content (AvgIpc) is 2.56. The standard InChI is InChI=1S/C20H22N2O3/c1-13-8-14(2)10-17(9-13)25-12-16(23)11-22-15(3)21-19-7-5-4-6-18(19)20(22)24/h4-10,16,23H,11-12H2,1-3H3. The summed E-state index contributed by atoms with van der Waals surface area (Å²) in [4.78, 5) is 17.1. The Labute approximate surface area is 146 Å². The van der Waals surface area contributed by atoms with E-state index in [2.05, 4.69) is 11.1 Å². The van der Waals surface area contributed by atoms with E-state index in [9.17, 15) is 9.90 Å². The number of aromatic nitrogens is 2. The van der Waals surface area contributed by atoms with Crippen molar-refractivity contribution in [1.29, 1.82) is 0 Å². The molecule has 3 aromatic rings. The van der Waals surface area contributed by atoms with Crippen LogP contribution in [0.5, 0.6) is 5.75 Å². The van der Waals surface area contributed by atoms with Gasteiger partial charge in [-0.3, -0.25) is 9.36 Å². The molecule has 0 aliphatic carbocycles. The van der Waals surface area contributed by atoms with Crippen LogP contribution >= 0.6 is 0 Å². The maximum atomic E-state index is 12.6. The summed E-state index contributed by atoms with van der Waals surface area (Å²) in [6.07, 6.45) is -0.805. The van der Waals surface area contributed by atoms with Crippen molar-refractivity contribution in [3.8, 4) is 5.75 Å². The van der Waals surface area contributed by atoms with Crippen LogP contribution in [0.4, 0.5) is 0 Å². The Kier molecular flexibility index (Phi) is 4.86. The summed E-state index contributed by atoms with van der Waals surface area (Å²) < 4.78 is 7.18. The summed E-state index contributed by atoms with van der Waals surface area (Å²) in [5.74, 6) is 1.30. The smallest absolute Gasteiger partial charge is 0.261 e. The third-order valence-corrected chi connectivity index (χ3v) is 4.08. The van der Waals surface area contributed by atoms with Crippen LogP contribution in [0.25, 0.3) is 10.9 Å². The zero-order valence-electron chi connectivity index (χ0n) is 14.7. The lowest BCUT2D eigenvalue weighted by Crippen LogP contribution is -2.32. The molecule has 5 nitrogen and oxygen atoms in total. The third kappa shape index (κ3) is 3.88. The Bertz CT molecular complexity index is 943. The van der Waals surface area contributed by atoms with Gasteiger partial charge >= 0.3 is 0 Å². The van der Waals surface area contributed by atoms with E-state index in [1.165, 1.54) is 4.57 Å². The Hall–Kier alpha value is -2.66. The molecule has 2 aromatic carbocycles. The number of aryl methyl sites for hydroxylation is 3. The van der Waals surface area contributed by atoms with Gasteiger partial charge in [0.2, 0.25) is 0 Å². The van der Waals surface area contributed by atoms with Gasteiger partial charge in [0.15, 0.2) is 0 Å². The molecule has 1 heterocycles. The SMILES string of the molecule is Cc1cc(C)cc(OCC(O)Cn2c(C)nc3ccccc3c2=O)c1. The lowest BCUT2D eigenvalue weighted by molar-refractivity contribution is 0.0908. The predicted octanol–water partition coefficient (Wildman–Crippen LogP) is 2.76. The molecule has 0 amide bonds. The second-order valence-corrected chi connectivity index (χ2v) is 6.38. The highest BCUT2D eigenvalue weighted by Crippen LogP contribution is 2.16. The number of para-hydroxylation sites is 1. The van der Waals surface area contributed by atoms with E-state index < -0.39 is 6.10 Å². The van der Waals surface area contributed by atoms with E-state index >= 15 is 0 Å². The van der Waals surface area contributed by atoms with Crippen LogP contribution in [-0.4, -0.2) is 27.4 Å². The van der Waals surface area contributed by atoms with Gasteiger partial charge in [-0.05, 0) is 56.2 Å². The molecule has 1 aromatic heterocycles. The van der Waals surface area contributed by atoms with Crippen LogP contribution in [0, 0.1) is 20.8 Å². The molecule has 1 N–H and O–H groups in total. The zero-order chi connectivity index (χ0) is 18.0. The van der Waals surface area contributed by atoms with E-state index in [1.54, 1.807) is 13.0 Å². The van der Waals surface area contributed by atoms with Gasteiger partial charge in [-0.15, -0.1) is 0 Å². The van der Waals surface area contributed by atoms with Gasteiger partial charge in [0.1, 0.15) is 24.3 Å². The highest BCUT2D eigenvalue weighted by atomic mass is 16.5. The molecular formula is C20H22N2O3. The second kappa shape index (κ2) is 7.07. The van der Waals surface area contributed by atoms with Gasteiger partial charge < -0.3 is 9.84 Å². The normalized spacial score (nSPS) is 12.3. The summed E-state index contributed by atoms with van der Waals surface area (Å²) in [6.45, 7) is 6.03. The van der Waals surface area contributed by atoms with Crippen molar-refractivity contribution in [2.45, 2.75) is 33.4 Å². The molecule has 0 bridgehead atoms. The molecule has 0 aliphatic heterocycles. The van der Waals surface area contributed by atoms with Crippen molar-refractivity contribution in [3.63, 3.8) is 0 Å². The molecule has 1 unspecified atom stereocenters. The second-order valence-electron chi connectivity index (χ2n) is 6.38. The van der Waals surface area contributed by atoms with E-state index in [1.807, 2.05) is 44.2 Å². The predicted molar refractivity (Wildman–Crippen MR) is 98.2 cm³/mol. The molecule has 0 aliphatic rings. The van der Waals surface area contributed by atoms with Gasteiger partial charge in [0.25, 0.3) is 5.56 Å². The van der Waals surface area contributed by atoms with Crippen LogP contribution in [0.3, 0.4) is 0 Å².